The van der Waals surface area contributed by atoms with Gasteiger partial charge in [-0.1, -0.05) is 30.3 Å². The lowest BCUT2D eigenvalue weighted by Crippen LogP contribution is -2.42. The lowest BCUT2D eigenvalue weighted by Gasteiger charge is -2.31. The summed E-state index contributed by atoms with van der Waals surface area (Å²) in [5, 5.41) is 15.6. The standard InChI is InChI=1S/C25H32N4O3/c1-18-14-24(31)27-22-8-4-5-9-23(22)29(18)25(32)15-26-21-7-3-2-6-20(21)16-28-12-10-19(17-30)11-13-28/h2-9,18-19,26,30H,10-17H2,1H3,(H,27,31)/t18-/m0/s1. The number of aliphatic hydroxyl groups excluding tert-OH is 1. The van der Waals surface area contributed by atoms with Crippen molar-refractivity contribution in [2.45, 2.75) is 38.8 Å². The van der Waals surface area contributed by atoms with E-state index in [4.69, 9.17) is 0 Å². The molecule has 4 rings (SSSR count). The molecule has 7 nitrogen and oxygen atoms in total. The maximum atomic E-state index is 13.3. The Kier molecular flexibility index (Phi) is 7.07. The molecule has 0 aromatic heterocycles. The van der Waals surface area contributed by atoms with Crippen LogP contribution < -0.4 is 15.5 Å². The number of benzene rings is 2. The van der Waals surface area contributed by atoms with Crippen molar-refractivity contribution >= 4 is 28.9 Å². The molecular formula is C25H32N4O3. The van der Waals surface area contributed by atoms with Crippen molar-refractivity contribution in [1.82, 2.24) is 4.90 Å². The molecule has 3 N–H and O–H groups in total. The van der Waals surface area contributed by atoms with Crippen molar-refractivity contribution in [2.75, 3.05) is 41.8 Å². The summed E-state index contributed by atoms with van der Waals surface area (Å²) in [4.78, 5) is 29.6. The van der Waals surface area contributed by atoms with Gasteiger partial charge in [-0.15, -0.1) is 0 Å². The molecule has 32 heavy (non-hydrogen) atoms. The molecule has 0 spiro atoms. The van der Waals surface area contributed by atoms with Crippen LogP contribution in [0.5, 0.6) is 0 Å². The van der Waals surface area contributed by atoms with Gasteiger partial charge in [-0.2, -0.15) is 0 Å². The number of para-hydroxylation sites is 3. The first-order chi connectivity index (χ1) is 15.5. The summed E-state index contributed by atoms with van der Waals surface area (Å²) >= 11 is 0. The van der Waals surface area contributed by atoms with Gasteiger partial charge in [-0.25, -0.2) is 0 Å². The van der Waals surface area contributed by atoms with Crippen molar-refractivity contribution in [3.8, 4) is 0 Å². The second-order valence-electron chi connectivity index (χ2n) is 8.80. The number of amides is 2. The third-order valence-electron chi connectivity index (χ3n) is 6.43. The van der Waals surface area contributed by atoms with Gasteiger partial charge in [0, 0.05) is 31.3 Å². The van der Waals surface area contributed by atoms with Gasteiger partial charge in [0.15, 0.2) is 0 Å². The molecule has 1 fully saturated rings. The Morgan fingerprint density at radius 1 is 1.12 bits per heavy atom. The molecule has 0 bridgehead atoms. The molecule has 1 atom stereocenters. The number of likely N-dealkylation sites (tertiary alicyclic amines) is 1. The van der Waals surface area contributed by atoms with Gasteiger partial charge in [-0.05, 0) is 62.5 Å². The Morgan fingerprint density at radius 3 is 2.62 bits per heavy atom. The zero-order valence-electron chi connectivity index (χ0n) is 18.6. The molecule has 0 saturated carbocycles. The van der Waals surface area contributed by atoms with Crippen molar-refractivity contribution in [3.63, 3.8) is 0 Å². The SMILES string of the molecule is C[C@H]1CC(=O)Nc2ccccc2N1C(=O)CNc1ccccc1CN1CCC(CO)CC1. The van der Waals surface area contributed by atoms with Crippen LogP contribution in [-0.2, 0) is 16.1 Å². The number of fused-ring (bicyclic) bond motifs is 1. The highest BCUT2D eigenvalue weighted by molar-refractivity contribution is 6.05. The highest BCUT2D eigenvalue weighted by Gasteiger charge is 2.29. The number of rotatable bonds is 6. The summed E-state index contributed by atoms with van der Waals surface area (Å²) < 4.78 is 0. The maximum absolute atomic E-state index is 13.3. The molecule has 2 amide bonds. The third-order valence-corrected chi connectivity index (χ3v) is 6.43. The smallest absolute Gasteiger partial charge is 0.246 e. The Hall–Kier alpha value is -2.90. The van der Waals surface area contributed by atoms with E-state index in [0.717, 1.165) is 49.4 Å². The first kappa shape index (κ1) is 22.3. The van der Waals surface area contributed by atoms with Gasteiger partial charge in [0.2, 0.25) is 11.8 Å². The first-order valence-electron chi connectivity index (χ1n) is 11.4. The topological polar surface area (TPSA) is 84.9 Å². The summed E-state index contributed by atoms with van der Waals surface area (Å²) in [5.74, 6) is 0.264. The fourth-order valence-electron chi connectivity index (χ4n) is 4.62. The number of piperidine rings is 1. The summed E-state index contributed by atoms with van der Waals surface area (Å²) in [6, 6.07) is 15.3. The van der Waals surface area contributed by atoms with Gasteiger partial charge in [0.1, 0.15) is 0 Å². The average Bonchev–Trinajstić information content (AvgIpc) is 2.93. The molecule has 2 aliphatic heterocycles. The van der Waals surface area contributed by atoms with Crippen molar-refractivity contribution in [2.24, 2.45) is 5.92 Å². The Morgan fingerprint density at radius 2 is 1.84 bits per heavy atom. The van der Waals surface area contributed by atoms with Crippen LogP contribution in [0.3, 0.4) is 0 Å². The molecule has 0 aliphatic carbocycles. The van der Waals surface area contributed by atoms with E-state index in [2.05, 4.69) is 21.6 Å². The fraction of sp³-hybridized carbons (Fsp3) is 0.440. The first-order valence-corrected chi connectivity index (χ1v) is 11.4. The third kappa shape index (κ3) is 5.11. The van der Waals surface area contributed by atoms with Crippen molar-refractivity contribution < 1.29 is 14.7 Å². The molecular weight excluding hydrogens is 404 g/mol. The molecule has 170 valence electrons. The zero-order valence-corrected chi connectivity index (χ0v) is 18.6. The van der Waals surface area contributed by atoms with Crippen LogP contribution in [0.2, 0.25) is 0 Å². The van der Waals surface area contributed by atoms with Gasteiger partial charge < -0.3 is 20.6 Å². The summed E-state index contributed by atoms with van der Waals surface area (Å²) in [6.07, 6.45) is 2.30. The lowest BCUT2D eigenvalue weighted by atomic mass is 9.97. The zero-order chi connectivity index (χ0) is 22.5. The van der Waals surface area contributed by atoms with Gasteiger partial charge >= 0.3 is 0 Å². The predicted octanol–water partition coefficient (Wildman–Crippen LogP) is 3.07. The van der Waals surface area contributed by atoms with E-state index in [1.54, 1.807) is 4.90 Å². The minimum atomic E-state index is -0.226. The van der Waals surface area contributed by atoms with E-state index in [9.17, 15) is 14.7 Å². The second-order valence-corrected chi connectivity index (χ2v) is 8.80. The van der Waals surface area contributed by atoms with E-state index in [1.807, 2.05) is 49.4 Å². The van der Waals surface area contributed by atoms with Crippen molar-refractivity contribution in [1.29, 1.82) is 0 Å². The quantitative estimate of drug-likeness (QED) is 0.648. The minimum Gasteiger partial charge on any atom is -0.396 e. The number of nitrogens with zero attached hydrogens (tertiary/aromatic N) is 2. The van der Waals surface area contributed by atoms with Gasteiger partial charge in [0.05, 0.1) is 17.9 Å². The fourth-order valence-corrected chi connectivity index (χ4v) is 4.62. The van der Waals surface area contributed by atoms with Crippen LogP contribution in [0.25, 0.3) is 0 Å². The number of hydrogen-bond acceptors (Lipinski definition) is 5. The number of anilines is 3. The molecule has 2 aromatic rings. The van der Waals surface area contributed by atoms with Crippen LogP contribution in [0.4, 0.5) is 17.1 Å². The number of nitrogens with one attached hydrogen (secondary N) is 2. The summed E-state index contributed by atoms with van der Waals surface area (Å²) in [7, 11) is 0. The lowest BCUT2D eigenvalue weighted by molar-refractivity contribution is -0.118. The second kappa shape index (κ2) is 10.1. The van der Waals surface area contributed by atoms with Crippen molar-refractivity contribution in [3.05, 3.63) is 54.1 Å². The Balaban J connectivity index is 1.44. The van der Waals surface area contributed by atoms with Crippen LogP contribution >= 0.6 is 0 Å². The highest BCUT2D eigenvalue weighted by atomic mass is 16.3. The monoisotopic (exact) mass is 436 g/mol. The van der Waals surface area contributed by atoms with Gasteiger partial charge in [-0.3, -0.25) is 14.5 Å². The Bertz CT molecular complexity index is 956. The normalized spacial score (nSPS) is 19.8. The van der Waals surface area contributed by atoms with E-state index >= 15 is 0 Å². The van der Waals surface area contributed by atoms with Crippen LogP contribution in [-0.4, -0.2) is 54.1 Å². The van der Waals surface area contributed by atoms with Crippen LogP contribution in [0.1, 0.15) is 31.7 Å². The predicted molar refractivity (Wildman–Crippen MR) is 127 cm³/mol. The molecule has 2 aromatic carbocycles. The largest absolute Gasteiger partial charge is 0.396 e. The Labute approximate surface area is 189 Å². The van der Waals surface area contributed by atoms with E-state index in [0.29, 0.717) is 11.6 Å². The number of aliphatic hydroxyl groups is 1. The molecule has 1 saturated heterocycles. The summed E-state index contributed by atoms with van der Waals surface area (Å²) in [6.45, 7) is 5.09. The molecule has 0 radical (unpaired) electrons. The van der Waals surface area contributed by atoms with E-state index < -0.39 is 0 Å². The molecule has 2 aliphatic rings. The van der Waals surface area contributed by atoms with Gasteiger partial charge in [0.25, 0.3) is 0 Å². The number of hydrogen-bond donors (Lipinski definition) is 3. The average molecular weight is 437 g/mol. The van der Waals surface area contributed by atoms with E-state index in [1.165, 1.54) is 0 Å². The maximum Gasteiger partial charge on any atom is 0.246 e. The molecule has 0 unspecified atom stereocenters. The highest BCUT2D eigenvalue weighted by Crippen LogP contribution is 2.31. The summed E-state index contributed by atoms with van der Waals surface area (Å²) in [5.41, 5.74) is 3.51. The minimum absolute atomic E-state index is 0.0694. The van der Waals surface area contributed by atoms with E-state index in [-0.39, 0.29) is 37.4 Å². The number of carbonyl (C=O) groups excluding carboxylic acids is 2. The van der Waals surface area contributed by atoms with Crippen LogP contribution in [0.15, 0.2) is 48.5 Å². The molecule has 7 heteroatoms. The number of carbonyl (C=O) groups is 2. The molecule has 2 heterocycles. The van der Waals surface area contributed by atoms with Crippen LogP contribution in [0, 0.1) is 5.92 Å².